The van der Waals surface area contributed by atoms with Crippen molar-refractivity contribution < 1.29 is 9.50 Å². The van der Waals surface area contributed by atoms with E-state index in [9.17, 15) is 9.50 Å². The first-order valence-corrected chi connectivity index (χ1v) is 4.56. The number of hydrogen-bond acceptors (Lipinski definition) is 1. The first-order chi connectivity index (χ1) is 6.13. The van der Waals surface area contributed by atoms with Crippen molar-refractivity contribution >= 4 is 0 Å². The van der Waals surface area contributed by atoms with Gasteiger partial charge in [0.1, 0.15) is 5.82 Å². The molecule has 0 radical (unpaired) electrons. The summed E-state index contributed by atoms with van der Waals surface area (Å²) in [5.41, 5.74) is 1.63. The average Bonchev–Trinajstić information content (AvgIpc) is 2.11. The van der Waals surface area contributed by atoms with Crippen molar-refractivity contribution in [1.82, 2.24) is 0 Å². The molecule has 1 aromatic carbocycles. The van der Waals surface area contributed by atoms with Crippen LogP contribution in [0.3, 0.4) is 0 Å². The molecule has 0 saturated heterocycles. The van der Waals surface area contributed by atoms with Crippen LogP contribution in [0.4, 0.5) is 4.39 Å². The Bertz CT molecular complexity index is 283. The van der Waals surface area contributed by atoms with E-state index in [0.29, 0.717) is 12.0 Å². The Morgan fingerprint density at radius 1 is 1.46 bits per heavy atom. The van der Waals surface area contributed by atoms with E-state index in [0.717, 1.165) is 12.0 Å². The van der Waals surface area contributed by atoms with Gasteiger partial charge in [0.05, 0.1) is 6.10 Å². The van der Waals surface area contributed by atoms with Crippen molar-refractivity contribution in [2.75, 3.05) is 0 Å². The highest BCUT2D eigenvalue weighted by molar-refractivity contribution is 5.24. The monoisotopic (exact) mass is 182 g/mol. The lowest BCUT2D eigenvalue weighted by Gasteiger charge is -2.08. The van der Waals surface area contributed by atoms with Gasteiger partial charge in [0.2, 0.25) is 0 Å². The Balaban J connectivity index is 2.73. The van der Waals surface area contributed by atoms with Crippen LogP contribution in [0.5, 0.6) is 0 Å². The Morgan fingerprint density at radius 3 is 2.69 bits per heavy atom. The first kappa shape index (κ1) is 10.2. The Kier molecular flexibility index (Phi) is 3.43. The minimum atomic E-state index is -0.315. The summed E-state index contributed by atoms with van der Waals surface area (Å²) in [7, 11) is 0. The number of hydrogen-bond donors (Lipinski definition) is 1. The Morgan fingerprint density at radius 2 is 2.15 bits per heavy atom. The maximum absolute atomic E-state index is 12.9. The topological polar surface area (TPSA) is 20.2 Å². The van der Waals surface area contributed by atoms with Crippen molar-refractivity contribution in [2.24, 2.45) is 0 Å². The van der Waals surface area contributed by atoms with Crippen molar-refractivity contribution in [3.63, 3.8) is 0 Å². The lowest BCUT2D eigenvalue weighted by molar-refractivity contribution is 0.171. The van der Waals surface area contributed by atoms with Gasteiger partial charge in [-0.2, -0.15) is 0 Å². The van der Waals surface area contributed by atoms with Crippen molar-refractivity contribution in [3.05, 3.63) is 35.1 Å². The molecule has 0 aliphatic heterocycles. The molecule has 0 aromatic heterocycles. The largest absolute Gasteiger partial charge is 0.393 e. The van der Waals surface area contributed by atoms with E-state index in [1.807, 2.05) is 6.92 Å². The van der Waals surface area contributed by atoms with Crippen LogP contribution in [0, 0.1) is 12.7 Å². The molecular weight excluding hydrogens is 167 g/mol. The van der Waals surface area contributed by atoms with Crippen LogP contribution in [0.15, 0.2) is 18.2 Å². The zero-order valence-corrected chi connectivity index (χ0v) is 8.05. The van der Waals surface area contributed by atoms with Gasteiger partial charge in [-0.3, -0.25) is 0 Å². The molecule has 0 heterocycles. The molecular formula is C11H15FO. The number of aryl methyl sites for hydroxylation is 1. The van der Waals surface area contributed by atoms with Gasteiger partial charge in [-0.05, 0) is 37.0 Å². The maximum Gasteiger partial charge on any atom is 0.126 e. The van der Waals surface area contributed by atoms with Gasteiger partial charge in [0.25, 0.3) is 0 Å². The molecule has 1 rings (SSSR count). The molecule has 0 aliphatic rings. The van der Waals surface area contributed by atoms with E-state index in [1.165, 1.54) is 6.07 Å². The minimum absolute atomic E-state index is 0.185. The predicted molar refractivity (Wildman–Crippen MR) is 51.1 cm³/mol. The second-order valence-corrected chi connectivity index (χ2v) is 3.35. The molecule has 0 aliphatic carbocycles. The van der Waals surface area contributed by atoms with E-state index in [-0.39, 0.29) is 11.9 Å². The van der Waals surface area contributed by atoms with Crippen molar-refractivity contribution in [2.45, 2.75) is 32.8 Å². The van der Waals surface area contributed by atoms with Crippen molar-refractivity contribution in [1.29, 1.82) is 0 Å². The van der Waals surface area contributed by atoms with Gasteiger partial charge < -0.3 is 5.11 Å². The molecule has 0 saturated carbocycles. The van der Waals surface area contributed by atoms with Gasteiger partial charge in [0, 0.05) is 0 Å². The van der Waals surface area contributed by atoms with E-state index >= 15 is 0 Å². The molecule has 0 fully saturated rings. The third-order valence-electron chi connectivity index (χ3n) is 2.16. The summed E-state index contributed by atoms with van der Waals surface area (Å²) in [6.07, 6.45) is 1.03. The second-order valence-electron chi connectivity index (χ2n) is 3.35. The van der Waals surface area contributed by atoms with E-state index in [4.69, 9.17) is 0 Å². The second kappa shape index (κ2) is 4.38. The van der Waals surface area contributed by atoms with Gasteiger partial charge >= 0.3 is 0 Å². The summed E-state index contributed by atoms with van der Waals surface area (Å²) >= 11 is 0. The quantitative estimate of drug-likeness (QED) is 0.761. The fourth-order valence-corrected chi connectivity index (χ4v) is 1.25. The summed E-state index contributed by atoms with van der Waals surface area (Å²) in [6.45, 7) is 3.66. The van der Waals surface area contributed by atoms with Crippen LogP contribution in [-0.4, -0.2) is 11.2 Å². The summed E-state index contributed by atoms with van der Waals surface area (Å²) in [5.74, 6) is -0.185. The molecule has 1 atom stereocenters. The number of aliphatic hydroxyl groups is 1. The number of rotatable bonds is 3. The van der Waals surface area contributed by atoms with Crippen LogP contribution in [0.25, 0.3) is 0 Å². The molecule has 1 N–H and O–H groups in total. The molecule has 1 aromatic rings. The maximum atomic E-state index is 12.9. The molecule has 0 spiro atoms. The van der Waals surface area contributed by atoms with Crippen LogP contribution in [0.1, 0.15) is 24.5 Å². The number of aliphatic hydroxyl groups excluding tert-OH is 1. The summed E-state index contributed by atoms with van der Waals surface area (Å²) < 4.78 is 12.9. The van der Waals surface area contributed by atoms with Gasteiger partial charge in [-0.25, -0.2) is 4.39 Å². The highest BCUT2D eigenvalue weighted by Gasteiger charge is 2.04. The zero-order valence-electron chi connectivity index (χ0n) is 8.05. The van der Waals surface area contributed by atoms with Gasteiger partial charge in [0.15, 0.2) is 0 Å². The van der Waals surface area contributed by atoms with Gasteiger partial charge in [-0.1, -0.05) is 19.1 Å². The normalized spacial score (nSPS) is 12.9. The third kappa shape index (κ3) is 2.81. The molecule has 1 nitrogen and oxygen atoms in total. The lowest BCUT2D eigenvalue weighted by atomic mass is 10.0. The fraction of sp³-hybridized carbons (Fsp3) is 0.455. The van der Waals surface area contributed by atoms with E-state index in [1.54, 1.807) is 19.1 Å². The zero-order chi connectivity index (χ0) is 9.84. The number of halogens is 1. The fourth-order valence-electron chi connectivity index (χ4n) is 1.25. The predicted octanol–water partition coefficient (Wildman–Crippen LogP) is 2.45. The Labute approximate surface area is 78.2 Å². The highest BCUT2D eigenvalue weighted by Crippen LogP contribution is 2.11. The van der Waals surface area contributed by atoms with E-state index in [2.05, 4.69) is 0 Å². The molecule has 72 valence electrons. The van der Waals surface area contributed by atoms with Crippen LogP contribution in [0.2, 0.25) is 0 Å². The molecule has 1 unspecified atom stereocenters. The van der Waals surface area contributed by atoms with E-state index < -0.39 is 0 Å². The molecule has 2 heteroatoms. The number of benzene rings is 1. The Hall–Kier alpha value is -0.890. The summed E-state index contributed by atoms with van der Waals surface area (Å²) in [5, 5.41) is 9.38. The first-order valence-electron chi connectivity index (χ1n) is 4.56. The minimum Gasteiger partial charge on any atom is -0.393 e. The summed E-state index contributed by atoms with van der Waals surface area (Å²) in [6, 6.07) is 4.96. The third-order valence-corrected chi connectivity index (χ3v) is 2.16. The van der Waals surface area contributed by atoms with Crippen LogP contribution < -0.4 is 0 Å². The van der Waals surface area contributed by atoms with Crippen LogP contribution >= 0.6 is 0 Å². The lowest BCUT2D eigenvalue weighted by Crippen LogP contribution is -2.08. The molecule has 0 amide bonds. The van der Waals surface area contributed by atoms with Crippen LogP contribution in [-0.2, 0) is 6.42 Å². The molecule has 13 heavy (non-hydrogen) atoms. The smallest absolute Gasteiger partial charge is 0.126 e. The average molecular weight is 182 g/mol. The highest BCUT2D eigenvalue weighted by atomic mass is 19.1. The molecule has 0 bridgehead atoms. The van der Waals surface area contributed by atoms with Crippen molar-refractivity contribution in [3.8, 4) is 0 Å². The summed E-state index contributed by atoms with van der Waals surface area (Å²) in [4.78, 5) is 0. The standard InChI is InChI=1S/C11H15FO/c1-3-10(13)7-9-4-5-11(12)8(2)6-9/h4-6,10,13H,3,7H2,1-2H3. The van der Waals surface area contributed by atoms with Gasteiger partial charge in [-0.15, -0.1) is 0 Å². The SMILES string of the molecule is CCC(O)Cc1ccc(F)c(C)c1.